The van der Waals surface area contributed by atoms with Crippen LogP contribution < -0.4 is 5.32 Å². The largest absolute Gasteiger partial charge is 0.481 e. The molecule has 0 radical (unpaired) electrons. The molecule has 0 aliphatic heterocycles. The van der Waals surface area contributed by atoms with Gasteiger partial charge in [-0.2, -0.15) is 0 Å². The summed E-state index contributed by atoms with van der Waals surface area (Å²) in [5.74, 6) is -1.65. The number of aromatic nitrogens is 1. The van der Waals surface area contributed by atoms with Gasteiger partial charge in [-0.05, 0) is 32.4 Å². The fourth-order valence-corrected chi connectivity index (χ4v) is 2.83. The third kappa shape index (κ3) is 4.59. The number of carboxylic acids is 1. The van der Waals surface area contributed by atoms with Crippen LogP contribution in [-0.4, -0.2) is 27.5 Å². The highest BCUT2D eigenvalue weighted by atomic mass is 32.1. The van der Waals surface area contributed by atoms with Gasteiger partial charge in [0.2, 0.25) is 0 Å². The average Bonchev–Trinajstić information content (AvgIpc) is 2.95. The predicted molar refractivity (Wildman–Crippen MR) is 85.9 cm³/mol. The molecule has 0 bridgehead atoms. The summed E-state index contributed by atoms with van der Waals surface area (Å²) in [6, 6.07) is 6.23. The zero-order valence-corrected chi connectivity index (χ0v) is 13.6. The van der Waals surface area contributed by atoms with Crippen LogP contribution in [0, 0.1) is 5.82 Å². The number of amides is 1. The summed E-state index contributed by atoms with van der Waals surface area (Å²) in [5.41, 5.74) is -0.306. The van der Waals surface area contributed by atoms with Crippen molar-refractivity contribution in [2.24, 2.45) is 0 Å². The standard InChI is InChI=1S/C16H17FN2O3S/c1-16(2,8-7-13(20)21)19-14(22)12-9-18-15(23-12)10-5-3-4-6-11(10)17/h3-6,9H,7-8H2,1-2H3,(H,19,22)(H,20,21). The van der Waals surface area contributed by atoms with Crippen molar-refractivity contribution in [2.75, 3.05) is 0 Å². The molecule has 0 spiro atoms. The van der Waals surface area contributed by atoms with Crippen LogP contribution in [0.25, 0.3) is 10.6 Å². The molecule has 0 aliphatic carbocycles. The molecule has 5 nitrogen and oxygen atoms in total. The minimum absolute atomic E-state index is 0.0313. The van der Waals surface area contributed by atoms with E-state index in [2.05, 4.69) is 10.3 Å². The van der Waals surface area contributed by atoms with Gasteiger partial charge in [0.25, 0.3) is 5.91 Å². The van der Waals surface area contributed by atoms with Crippen LogP contribution in [-0.2, 0) is 4.79 Å². The SMILES string of the molecule is CC(C)(CCC(=O)O)NC(=O)c1cnc(-c2ccccc2F)s1. The molecule has 2 rings (SSSR count). The minimum atomic E-state index is -0.910. The summed E-state index contributed by atoms with van der Waals surface area (Å²) in [6.07, 6.45) is 1.68. The topological polar surface area (TPSA) is 79.3 Å². The Morgan fingerprint density at radius 2 is 2.04 bits per heavy atom. The molecule has 1 amide bonds. The highest BCUT2D eigenvalue weighted by molar-refractivity contribution is 7.16. The Morgan fingerprint density at radius 1 is 1.35 bits per heavy atom. The number of carboxylic acid groups (broad SMARTS) is 1. The van der Waals surface area contributed by atoms with Gasteiger partial charge in [0.15, 0.2) is 0 Å². The Hall–Kier alpha value is -2.28. The molecule has 0 aliphatic rings. The summed E-state index contributed by atoms with van der Waals surface area (Å²) in [5, 5.41) is 11.9. The van der Waals surface area contributed by atoms with E-state index in [1.54, 1.807) is 32.0 Å². The van der Waals surface area contributed by atoms with Gasteiger partial charge in [-0.15, -0.1) is 11.3 Å². The molecule has 2 N–H and O–H groups in total. The van der Waals surface area contributed by atoms with Crippen LogP contribution in [0.5, 0.6) is 0 Å². The maximum atomic E-state index is 13.7. The fourth-order valence-electron chi connectivity index (χ4n) is 1.99. The van der Waals surface area contributed by atoms with Crippen LogP contribution in [0.1, 0.15) is 36.4 Å². The highest BCUT2D eigenvalue weighted by Gasteiger charge is 2.23. The van der Waals surface area contributed by atoms with Gasteiger partial charge < -0.3 is 10.4 Å². The summed E-state index contributed by atoms with van der Waals surface area (Å²) in [6.45, 7) is 3.51. The molecule has 1 aromatic carbocycles. The van der Waals surface area contributed by atoms with Crippen molar-refractivity contribution in [2.45, 2.75) is 32.2 Å². The lowest BCUT2D eigenvalue weighted by Crippen LogP contribution is -2.43. The van der Waals surface area contributed by atoms with Crippen molar-refractivity contribution in [3.8, 4) is 10.6 Å². The summed E-state index contributed by atoms with van der Waals surface area (Å²) < 4.78 is 13.7. The molecule has 23 heavy (non-hydrogen) atoms. The molecule has 0 fully saturated rings. The van der Waals surface area contributed by atoms with E-state index < -0.39 is 17.3 Å². The van der Waals surface area contributed by atoms with Crippen LogP contribution >= 0.6 is 11.3 Å². The van der Waals surface area contributed by atoms with E-state index in [-0.39, 0.29) is 12.3 Å². The first kappa shape index (κ1) is 17.1. The Kier molecular flexibility index (Phi) is 5.10. The van der Waals surface area contributed by atoms with Crippen molar-refractivity contribution in [1.82, 2.24) is 10.3 Å². The van der Waals surface area contributed by atoms with Crippen LogP contribution in [0.15, 0.2) is 30.5 Å². The Balaban J connectivity index is 2.10. The first-order valence-corrected chi connectivity index (χ1v) is 7.85. The van der Waals surface area contributed by atoms with Gasteiger partial charge in [-0.3, -0.25) is 9.59 Å². The molecule has 7 heteroatoms. The van der Waals surface area contributed by atoms with E-state index >= 15 is 0 Å². The van der Waals surface area contributed by atoms with Crippen molar-refractivity contribution in [3.63, 3.8) is 0 Å². The van der Waals surface area contributed by atoms with E-state index in [0.717, 1.165) is 11.3 Å². The maximum Gasteiger partial charge on any atom is 0.303 e. The van der Waals surface area contributed by atoms with Crippen LogP contribution in [0.4, 0.5) is 4.39 Å². The molecule has 0 atom stereocenters. The van der Waals surface area contributed by atoms with Gasteiger partial charge >= 0.3 is 5.97 Å². The number of thiazole rings is 1. The summed E-state index contributed by atoms with van der Waals surface area (Å²) in [4.78, 5) is 27.3. The number of carbonyl (C=O) groups excluding carboxylic acids is 1. The second-order valence-corrected chi connectivity index (χ2v) is 6.77. The molecule has 1 aromatic heterocycles. The van der Waals surface area contributed by atoms with Crippen molar-refractivity contribution in [3.05, 3.63) is 41.2 Å². The first-order chi connectivity index (χ1) is 10.8. The predicted octanol–water partition coefficient (Wildman–Crippen LogP) is 3.32. The molecular formula is C16H17FN2O3S. The van der Waals surface area contributed by atoms with E-state index in [9.17, 15) is 14.0 Å². The van der Waals surface area contributed by atoms with Crippen molar-refractivity contribution < 1.29 is 19.1 Å². The highest BCUT2D eigenvalue weighted by Crippen LogP contribution is 2.27. The maximum absolute atomic E-state index is 13.7. The van der Waals surface area contributed by atoms with Gasteiger partial charge in [-0.1, -0.05) is 12.1 Å². The van der Waals surface area contributed by atoms with Gasteiger partial charge in [-0.25, -0.2) is 9.37 Å². The van der Waals surface area contributed by atoms with Crippen LogP contribution in [0.2, 0.25) is 0 Å². The number of nitrogens with zero attached hydrogens (tertiary/aromatic N) is 1. The Bertz CT molecular complexity index is 728. The molecule has 0 unspecified atom stereocenters. The number of halogens is 1. The van der Waals surface area contributed by atoms with E-state index in [1.807, 2.05) is 0 Å². The second kappa shape index (κ2) is 6.87. The molecule has 122 valence electrons. The lowest BCUT2D eigenvalue weighted by Gasteiger charge is -2.25. The number of hydrogen-bond acceptors (Lipinski definition) is 4. The smallest absolute Gasteiger partial charge is 0.303 e. The van der Waals surface area contributed by atoms with Gasteiger partial charge in [0.1, 0.15) is 15.7 Å². The van der Waals surface area contributed by atoms with E-state index in [1.165, 1.54) is 12.3 Å². The Morgan fingerprint density at radius 3 is 2.70 bits per heavy atom. The normalized spacial score (nSPS) is 11.3. The van der Waals surface area contributed by atoms with Crippen molar-refractivity contribution in [1.29, 1.82) is 0 Å². The summed E-state index contributed by atoms with van der Waals surface area (Å²) in [7, 11) is 0. The third-order valence-corrected chi connectivity index (χ3v) is 4.28. The zero-order valence-electron chi connectivity index (χ0n) is 12.8. The molecule has 1 heterocycles. The zero-order chi connectivity index (χ0) is 17.0. The molecule has 0 saturated heterocycles. The number of benzene rings is 1. The number of aliphatic carboxylic acids is 1. The third-order valence-electron chi connectivity index (χ3n) is 3.25. The van der Waals surface area contributed by atoms with E-state index in [4.69, 9.17) is 5.11 Å². The molecule has 0 saturated carbocycles. The summed E-state index contributed by atoms with van der Waals surface area (Å²) >= 11 is 1.09. The molecule has 2 aromatic rings. The monoisotopic (exact) mass is 336 g/mol. The number of hydrogen-bond donors (Lipinski definition) is 2. The van der Waals surface area contributed by atoms with Gasteiger partial charge in [0.05, 0.1) is 6.20 Å². The average molecular weight is 336 g/mol. The fraction of sp³-hybridized carbons (Fsp3) is 0.312. The lowest BCUT2D eigenvalue weighted by molar-refractivity contribution is -0.137. The Labute approximate surface area is 137 Å². The first-order valence-electron chi connectivity index (χ1n) is 7.03. The van der Waals surface area contributed by atoms with E-state index in [0.29, 0.717) is 21.9 Å². The minimum Gasteiger partial charge on any atom is -0.481 e. The molecular weight excluding hydrogens is 319 g/mol. The van der Waals surface area contributed by atoms with Crippen LogP contribution in [0.3, 0.4) is 0 Å². The lowest BCUT2D eigenvalue weighted by atomic mass is 9.98. The van der Waals surface area contributed by atoms with Crippen molar-refractivity contribution >= 4 is 23.2 Å². The number of carbonyl (C=O) groups is 2. The second-order valence-electron chi connectivity index (χ2n) is 5.74. The van der Waals surface area contributed by atoms with Gasteiger partial charge in [0, 0.05) is 17.5 Å². The number of rotatable bonds is 6. The quantitative estimate of drug-likeness (QED) is 0.848. The number of nitrogens with one attached hydrogen (secondary N) is 1.